The van der Waals surface area contributed by atoms with Crippen molar-refractivity contribution >= 4 is 120 Å². The third-order valence-electron chi connectivity index (χ3n) is 8.68. The predicted molar refractivity (Wildman–Crippen MR) is 278 cm³/mol. The van der Waals surface area contributed by atoms with Gasteiger partial charge in [-0.05, 0) is 81.3 Å². The molecule has 0 amide bonds. The SMILES string of the molecule is C/C=C(\C)C(=O)OP.CC(Br)C(=O)OP.CC(C(=O)OP)=P(c1ccccc1)(c1ccccc1)c1ccccc1.CC=O.c1ccc(P(c2ccccc2)c2ccccc2)cc1. The molecule has 0 aliphatic rings. The molecule has 324 valence electrons. The van der Waals surface area contributed by atoms with E-state index in [1.807, 2.05) is 80.5 Å². The third kappa shape index (κ3) is 16.7. The van der Waals surface area contributed by atoms with E-state index >= 15 is 0 Å². The van der Waals surface area contributed by atoms with Crippen LogP contribution < -0.4 is 31.8 Å². The zero-order chi connectivity index (χ0) is 45.8. The minimum absolute atomic E-state index is 0.204. The van der Waals surface area contributed by atoms with Crippen LogP contribution in [0.25, 0.3) is 0 Å². The van der Waals surface area contributed by atoms with Gasteiger partial charge in [0.1, 0.15) is 11.1 Å². The van der Waals surface area contributed by atoms with Crippen molar-refractivity contribution in [3.63, 3.8) is 0 Å². The average molecular weight is 990 g/mol. The lowest BCUT2D eigenvalue weighted by Crippen LogP contribution is -2.32. The molecule has 0 saturated heterocycles. The van der Waals surface area contributed by atoms with Gasteiger partial charge in [-0.25, -0.2) is 9.59 Å². The number of hydrogen-bond donors (Lipinski definition) is 0. The minimum atomic E-state index is -2.29. The van der Waals surface area contributed by atoms with Crippen molar-refractivity contribution in [2.24, 2.45) is 0 Å². The quantitative estimate of drug-likeness (QED) is 0.0617. The number of aldehydes is 1. The molecule has 6 aromatic rings. The van der Waals surface area contributed by atoms with E-state index in [9.17, 15) is 14.4 Å². The van der Waals surface area contributed by atoms with Gasteiger partial charge in [0.25, 0.3) is 0 Å². The normalized spacial score (nSPS) is 10.8. The van der Waals surface area contributed by atoms with Gasteiger partial charge in [0.2, 0.25) is 0 Å². The molecule has 0 radical (unpaired) electrons. The molecule has 0 aliphatic carbocycles. The summed E-state index contributed by atoms with van der Waals surface area (Å²) in [4.78, 5) is 41.9. The maximum Gasteiger partial charge on any atom is 0.336 e. The van der Waals surface area contributed by atoms with Crippen LogP contribution in [0, 0.1) is 0 Å². The lowest BCUT2D eigenvalue weighted by Gasteiger charge is -2.30. The number of hydrogen-bond acceptors (Lipinski definition) is 7. The van der Waals surface area contributed by atoms with E-state index < -0.39 is 14.8 Å². The topological polar surface area (TPSA) is 96.0 Å². The number of alkyl halides is 1. The molecule has 4 atom stereocenters. The summed E-state index contributed by atoms with van der Waals surface area (Å²) in [7, 11) is 5.42. The summed E-state index contributed by atoms with van der Waals surface area (Å²) in [5.41, 5.74) is 0.625. The van der Waals surface area contributed by atoms with E-state index in [-0.39, 0.29) is 22.7 Å². The summed E-state index contributed by atoms with van der Waals surface area (Å²) < 4.78 is 13.6. The standard InChI is InChI=1S/C21H20O2P2.C18H15P.C5H9O2P.C3H6BrO2P.C2H4O/c1-17(21(22)23-24)25(18-11-5-2-6-12-18,19-13-7-3-8-14-19)20-15-9-4-10-16-20;1-4-10-16(11-5-1)19(17-12-6-2-7-13-17)18-14-8-3-9-15-18;1-3-4(2)5(6)7-8;1-2(4)3(5)6-7;1-2-3/h2-16H,24H2,1H3;1-15H;3H,8H2,1-2H3;2H,7H2,1H3;2H,1H3/b;;4-3+;;. The molecule has 0 heterocycles. The van der Waals surface area contributed by atoms with Crippen LogP contribution in [-0.2, 0) is 32.7 Å². The predicted octanol–water partition coefficient (Wildman–Crippen LogP) is 9.55. The zero-order valence-corrected chi connectivity index (χ0v) is 42.3. The number of rotatable bonds is 9. The summed E-state index contributed by atoms with van der Waals surface area (Å²) in [5.74, 6) is -0.864. The highest BCUT2D eigenvalue weighted by Crippen LogP contribution is 2.46. The van der Waals surface area contributed by atoms with Gasteiger partial charge in [-0.2, -0.15) is 0 Å². The molecule has 13 heteroatoms. The van der Waals surface area contributed by atoms with Gasteiger partial charge in [0.05, 0.1) is 28.4 Å². The fraction of sp³-hybridized carbons (Fsp3) is 0.122. The summed E-state index contributed by atoms with van der Waals surface area (Å²) in [6, 6.07) is 63.1. The Morgan fingerprint density at radius 3 is 1.00 bits per heavy atom. The average Bonchev–Trinajstić information content (AvgIpc) is 3.33. The molecule has 6 rings (SSSR count). The molecule has 0 fully saturated rings. The third-order valence-corrected chi connectivity index (χ3v) is 16.6. The smallest absolute Gasteiger partial charge is 0.336 e. The highest BCUT2D eigenvalue weighted by Gasteiger charge is 2.31. The molecule has 0 aromatic heterocycles. The zero-order valence-electron chi connectivity index (χ0n) is 35.4. The summed E-state index contributed by atoms with van der Waals surface area (Å²) in [5, 5.41) is 8.34. The molecule has 4 unspecified atom stereocenters. The highest BCUT2D eigenvalue weighted by atomic mass is 79.9. The lowest BCUT2D eigenvalue weighted by atomic mass is 10.3. The van der Waals surface area contributed by atoms with Crippen molar-refractivity contribution in [3.05, 3.63) is 194 Å². The maximum atomic E-state index is 12.6. The Hall–Kier alpha value is -4.36. The van der Waals surface area contributed by atoms with E-state index in [1.54, 1.807) is 26.8 Å². The lowest BCUT2D eigenvalue weighted by molar-refractivity contribution is -0.132. The second-order valence-corrected chi connectivity index (χ2v) is 20.5. The number of halogens is 1. The van der Waals surface area contributed by atoms with Gasteiger partial charge in [-0.3, -0.25) is 4.79 Å². The summed E-state index contributed by atoms with van der Waals surface area (Å²) >= 11 is 3.01. The summed E-state index contributed by atoms with van der Waals surface area (Å²) in [6.07, 6.45) is 2.45. The van der Waals surface area contributed by atoms with Crippen LogP contribution >= 0.6 is 59.1 Å². The van der Waals surface area contributed by atoms with Gasteiger partial charge < -0.3 is 18.4 Å². The molecular weight excluding hydrogens is 935 g/mol. The second-order valence-electron chi connectivity index (χ2n) is 12.7. The van der Waals surface area contributed by atoms with Crippen LogP contribution in [0.5, 0.6) is 0 Å². The molecule has 6 aromatic carbocycles. The molecule has 0 N–H and O–H groups in total. The number of benzene rings is 6. The summed E-state index contributed by atoms with van der Waals surface area (Å²) in [6.45, 7) is 6.24. The molecule has 62 heavy (non-hydrogen) atoms. The van der Waals surface area contributed by atoms with E-state index in [4.69, 9.17) is 9.32 Å². The van der Waals surface area contributed by atoms with Crippen LogP contribution in [-0.4, -0.2) is 34.3 Å². The Balaban J connectivity index is 0.000000313. The van der Waals surface area contributed by atoms with Crippen LogP contribution in [0.1, 0.15) is 34.6 Å². The van der Waals surface area contributed by atoms with E-state index in [0.717, 1.165) is 27.5 Å². The highest BCUT2D eigenvalue weighted by molar-refractivity contribution is 9.10. The molecule has 0 aliphatic heterocycles. The number of carbonyl (C=O) groups is 4. The molecule has 7 nitrogen and oxygen atoms in total. The Labute approximate surface area is 384 Å². The van der Waals surface area contributed by atoms with Crippen molar-refractivity contribution in [1.29, 1.82) is 0 Å². The first-order valence-electron chi connectivity index (χ1n) is 19.2. The van der Waals surface area contributed by atoms with Crippen LogP contribution in [0.3, 0.4) is 0 Å². The van der Waals surface area contributed by atoms with Gasteiger partial charge in [-0.15, -0.1) is 0 Å². The van der Waals surface area contributed by atoms with Crippen molar-refractivity contribution in [2.75, 3.05) is 0 Å². The van der Waals surface area contributed by atoms with Crippen LogP contribution in [0.2, 0.25) is 0 Å². The monoisotopic (exact) mass is 988 g/mol. The molecule has 0 spiro atoms. The molecule has 0 bridgehead atoms. The van der Waals surface area contributed by atoms with Gasteiger partial charge in [0.15, 0.2) is 0 Å². The fourth-order valence-electron chi connectivity index (χ4n) is 5.69. The first-order valence-corrected chi connectivity index (χ1v) is 24.7. The number of allylic oxidation sites excluding steroid dienone is 1. The van der Waals surface area contributed by atoms with Gasteiger partial charge in [-0.1, -0.05) is 204 Å². The Morgan fingerprint density at radius 1 is 0.532 bits per heavy atom. The van der Waals surface area contributed by atoms with E-state index in [2.05, 4.69) is 162 Å². The van der Waals surface area contributed by atoms with Crippen molar-refractivity contribution in [2.45, 2.75) is 39.4 Å². The van der Waals surface area contributed by atoms with E-state index in [0.29, 0.717) is 5.57 Å². The first kappa shape index (κ1) is 53.8. The Kier molecular flexibility index (Phi) is 26.6. The largest absolute Gasteiger partial charge is 0.451 e. The van der Waals surface area contributed by atoms with Crippen molar-refractivity contribution in [3.8, 4) is 0 Å². The Bertz CT molecular complexity index is 2100. The minimum Gasteiger partial charge on any atom is -0.451 e. The molecule has 0 saturated carbocycles. The second kappa shape index (κ2) is 30.6. The molecular formula is C49H54BrO7P5. The fourth-order valence-corrected chi connectivity index (χ4v) is 13.2. The van der Waals surface area contributed by atoms with Crippen LogP contribution in [0.4, 0.5) is 0 Å². The van der Waals surface area contributed by atoms with Gasteiger partial charge >= 0.3 is 17.9 Å². The van der Waals surface area contributed by atoms with Crippen molar-refractivity contribution in [1.82, 2.24) is 0 Å². The maximum absolute atomic E-state index is 12.6. The Morgan fingerprint density at radius 2 is 0.806 bits per heavy atom. The number of carbonyl (C=O) groups excluding carboxylic acids is 4. The van der Waals surface area contributed by atoms with Gasteiger partial charge in [0, 0.05) is 10.9 Å². The van der Waals surface area contributed by atoms with Crippen molar-refractivity contribution < 1.29 is 32.7 Å². The first-order chi connectivity index (χ1) is 30.0. The van der Waals surface area contributed by atoms with Crippen LogP contribution in [0.15, 0.2) is 194 Å². The van der Waals surface area contributed by atoms with E-state index in [1.165, 1.54) is 22.8 Å².